The summed E-state index contributed by atoms with van der Waals surface area (Å²) in [7, 11) is -3.50. The highest BCUT2D eigenvalue weighted by atomic mass is 35.5. The number of halogens is 2. The summed E-state index contributed by atoms with van der Waals surface area (Å²) in [5.74, 6) is -1.17. The summed E-state index contributed by atoms with van der Waals surface area (Å²) in [5.41, 5.74) is -0.597. The zero-order valence-electron chi connectivity index (χ0n) is 14.7. The highest BCUT2D eigenvalue weighted by Gasteiger charge is 2.69. The molecule has 7 nitrogen and oxygen atoms in total. The zero-order chi connectivity index (χ0) is 19.9. The number of nitrogens with zero attached hydrogens (tertiary/aromatic N) is 1. The van der Waals surface area contributed by atoms with Crippen LogP contribution in [0.25, 0.3) is 0 Å². The third kappa shape index (κ3) is 4.08. The molecular weight excluding hydrogens is 415 g/mol. The Labute approximate surface area is 168 Å². The molecule has 1 N–H and O–H groups in total. The Kier molecular flexibility index (Phi) is 5.46. The van der Waals surface area contributed by atoms with Gasteiger partial charge in [0.25, 0.3) is 5.91 Å². The number of sulfonamides is 1. The van der Waals surface area contributed by atoms with Gasteiger partial charge in [0.05, 0.1) is 4.90 Å². The summed E-state index contributed by atoms with van der Waals surface area (Å²) < 4.78 is 30.2. The van der Waals surface area contributed by atoms with E-state index in [0.29, 0.717) is 18.8 Å². The van der Waals surface area contributed by atoms with E-state index in [1.165, 1.54) is 28.6 Å². The smallest absolute Gasteiger partial charge is 0.315 e. The Morgan fingerprint density at radius 3 is 2.26 bits per heavy atom. The van der Waals surface area contributed by atoms with E-state index in [4.69, 9.17) is 27.9 Å². The Balaban J connectivity index is 1.54. The monoisotopic (exact) mass is 434 g/mol. The van der Waals surface area contributed by atoms with Crippen LogP contribution in [0.4, 0.5) is 5.69 Å². The molecule has 1 heterocycles. The molecular formula is C17H20Cl2N2O5S. The Morgan fingerprint density at radius 1 is 1.19 bits per heavy atom. The van der Waals surface area contributed by atoms with E-state index in [1.807, 2.05) is 0 Å². The minimum Gasteiger partial charge on any atom is -0.455 e. The van der Waals surface area contributed by atoms with Crippen LogP contribution in [0, 0.1) is 5.41 Å². The van der Waals surface area contributed by atoms with Gasteiger partial charge >= 0.3 is 5.97 Å². The van der Waals surface area contributed by atoms with Gasteiger partial charge in [0.2, 0.25) is 10.0 Å². The first-order valence-corrected chi connectivity index (χ1v) is 10.7. The third-order valence-corrected chi connectivity index (χ3v) is 7.90. The maximum Gasteiger partial charge on any atom is 0.315 e. The van der Waals surface area contributed by atoms with Crippen LogP contribution in [0.3, 0.4) is 0 Å². The lowest BCUT2D eigenvalue weighted by atomic mass is 10.1. The van der Waals surface area contributed by atoms with E-state index in [9.17, 15) is 18.0 Å². The normalized spacial score (nSPS) is 24.4. The molecule has 2 fully saturated rings. The molecule has 1 aromatic carbocycles. The number of benzene rings is 1. The second-order valence-corrected chi connectivity index (χ2v) is 10.4. The molecule has 10 heteroatoms. The van der Waals surface area contributed by atoms with Gasteiger partial charge in [0.1, 0.15) is 9.75 Å². The first kappa shape index (κ1) is 20.4. The van der Waals surface area contributed by atoms with Gasteiger partial charge in [-0.3, -0.25) is 9.59 Å². The van der Waals surface area contributed by atoms with Gasteiger partial charge in [-0.1, -0.05) is 0 Å². The number of rotatable bonds is 6. The predicted octanol–water partition coefficient (Wildman–Crippen LogP) is 2.54. The van der Waals surface area contributed by atoms with Gasteiger partial charge < -0.3 is 10.1 Å². The van der Waals surface area contributed by atoms with Crippen LogP contribution in [0.5, 0.6) is 0 Å². The summed E-state index contributed by atoms with van der Waals surface area (Å²) in [6, 6.07) is 5.87. The van der Waals surface area contributed by atoms with E-state index in [-0.39, 0.29) is 11.3 Å². The molecule has 1 saturated carbocycles. The molecule has 27 heavy (non-hydrogen) atoms. The van der Waals surface area contributed by atoms with E-state index in [2.05, 4.69) is 5.32 Å². The summed E-state index contributed by atoms with van der Waals surface area (Å²) in [6.07, 6.45) is 2.00. The number of esters is 1. The molecule has 0 radical (unpaired) electrons. The molecule has 2 aliphatic rings. The van der Waals surface area contributed by atoms with E-state index < -0.39 is 38.3 Å². The zero-order valence-corrected chi connectivity index (χ0v) is 17.0. The van der Waals surface area contributed by atoms with Crippen molar-refractivity contribution in [1.29, 1.82) is 0 Å². The van der Waals surface area contributed by atoms with Crippen LogP contribution < -0.4 is 5.32 Å². The highest BCUT2D eigenvalue weighted by molar-refractivity contribution is 7.89. The van der Waals surface area contributed by atoms with Gasteiger partial charge in [-0.15, -0.1) is 23.2 Å². The number of hydrogen-bond acceptors (Lipinski definition) is 5. The van der Waals surface area contributed by atoms with Crippen molar-refractivity contribution in [2.75, 3.05) is 25.0 Å². The SMILES string of the molecule is C[C@]1(C(=O)OCC(=O)Nc2ccc(S(=O)(=O)N3CCCC3)cc2)CC1(Cl)Cl. The fraction of sp³-hybridized carbons (Fsp3) is 0.529. The molecule has 0 spiro atoms. The van der Waals surface area contributed by atoms with Crippen molar-refractivity contribution < 1.29 is 22.7 Å². The van der Waals surface area contributed by atoms with Crippen molar-refractivity contribution in [3.8, 4) is 0 Å². The standard InChI is InChI=1S/C17H20Cl2N2O5S/c1-16(11-17(16,18)19)15(23)26-10-14(22)20-12-4-6-13(7-5-12)27(24,25)21-8-2-3-9-21/h4-7H,2-3,8-11H2,1H3,(H,20,22)/t16-/m1/s1. The predicted molar refractivity (Wildman–Crippen MR) is 101 cm³/mol. The van der Waals surface area contributed by atoms with Gasteiger partial charge in [0.15, 0.2) is 6.61 Å². The quantitative estimate of drug-likeness (QED) is 0.548. The van der Waals surface area contributed by atoms with Crippen LogP contribution in [0.2, 0.25) is 0 Å². The lowest BCUT2D eigenvalue weighted by molar-refractivity contribution is -0.152. The van der Waals surface area contributed by atoms with Crippen molar-refractivity contribution in [3.05, 3.63) is 24.3 Å². The Bertz CT molecular complexity index is 851. The molecule has 0 unspecified atom stereocenters. The largest absolute Gasteiger partial charge is 0.455 e. The van der Waals surface area contributed by atoms with Crippen LogP contribution >= 0.6 is 23.2 Å². The molecule has 1 atom stereocenters. The van der Waals surface area contributed by atoms with E-state index in [0.717, 1.165) is 12.8 Å². The Hall–Kier alpha value is -1.35. The molecule has 1 aliphatic heterocycles. The van der Waals surface area contributed by atoms with Crippen LogP contribution in [0.15, 0.2) is 29.2 Å². The first-order valence-electron chi connectivity index (χ1n) is 8.51. The Morgan fingerprint density at radius 2 is 1.74 bits per heavy atom. The molecule has 0 bridgehead atoms. The molecule has 1 aliphatic carbocycles. The third-order valence-electron chi connectivity index (χ3n) is 4.88. The molecule has 148 valence electrons. The number of anilines is 1. The average Bonchev–Trinajstić information content (AvgIpc) is 2.98. The fourth-order valence-electron chi connectivity index (χ4n) is 2.90. The lowest BCUT2D eigenvalue weighted by Gasteiger charge is -2.15. The summed E-state index contributed by atoms with van der Waals surface area (Å²) in [4.78, 5) is 24.1. The van der Waals surface area contributed by atoms with Gasteiger partial charge in [-0.25, -0.2) is 8.42 Å². The fourth-order valence-corrected chi connectivity index (χ4v) is 5.10. The van der Waals surface area contributed by atoms with Gasteiger partial charge in [-0.2, -0.15) is 4.31 Å². The molecule has 1 amide bonds. The number of alkyl halides is 2. The van der Waals surface area contributed by atoms with Gasteiger partial charge in [0, 0.05) is 25.2 Å². The molecule has 0 aromatic heterocycles. The molecule has 1 saturated heterocycles. The number of amides is 1. The molecule has 1 aromatic rings. The summed E-state index contributed by atoms with van der Waals surface area (Å²) in [5, 5.41) is 2.55. The number of ether oxygens (including phenoxy) is 1. The van der Waals surface area contributed by atoms with E-state index in [1.54, 1.807) is 6.92 Å². The maximum absolute atomic E-state index is 12.5. The van der Waals surface area contributed by atoms with Crippen molar-refractivity contribution in [2.45, 2.75) is 35.4 Å². The van der Waals surface area contributed by atoms with Crippen molar-refractivity contribution in [3.63, 3.8) is 0 Å². The lowest BCUT2D eigenvalue weighted by Crippen LogP contribution is -2.28. The van der Waals surface area contributed by atoms with Crippen molar-refractivity contribution in [1.82, 2.24) is 4.31 Å². The average molecular weight is 435 g/mol. The minimum absolute atomic E-state index is 0.177. The topological polar surface area (TPSA) is 92.8 Å². The minimum atomic E-state index is -3.50. The number of hydrogen-bond donors (Lipinski definition) is 1. The summed E-state index contributed by atoms with van der Waals surface area (Å²) in [6.45, 7) is 2.15. The van der Waals surface area contributed by atoms with Crippen LogP contribution in [-0.2, 0) is 24.3 Å². The first-order chi connectivity index (χ1) is 12.6. The number of carbonyl (C=O) groups excluding carboxylic acids is 2. The van der Waals surface area contributed by atoms with E-state index >= 15 is 0 Å². The molecule has 3 rings (SSSR count). The van der Waals surface area contributed by atoms with Crippen molar-refractivity contribution in [2.24, 2.45) is 5.41 Å². The van der Waals surface area contributed by atoms with Crippen molar-refractivity contribution >= 4 is 50.8 Å². The second-order valence-electron chi connectivity index (χ2n) is 6.97. The maximum atomic E-state index is 12.5. The summed E-state index contributed by atoms with van der Waals surface area (Å²) >= 11 is 11.8. The second kappa shape index (κ2) is 7.24. The highest BCUT2D eigenvalue weighted by Crippen LogP contribution is 2.64. The number of carbonyl (C=O) groups is 2. The van der Waals surface area contributed by atoms with Crippen LogP contribution in [-0.4, -0.2) is 48.6 Å². The van der Waals surface area contributed by atoms with Crippen LogP contribution in [0.1, 0.15) is 26.2 Å². The number of nitrogens with one attached hydrogen (secondary N) is 1. The van der Waals surface area contributed by atoms with Gasteiger partial charge in [-0.05, 0) is 44.0 Å².